The summed E-state index contributed by atoms with van der Waals surface area (Å²) in [5.74, 6) is -0.151. The summed E-state index contributed by atoms with van der Waals surface area (Å²) < 4.78 is 26.3. The monoisotopic (exact) mass is 256 g/mol. The lowest BCUT2D eigenvalue weighted by molar-refractivity contribution is 0.246. The molecule has 6 heteroatoms. The summed E-state index contributed by atoms with van der Waals surface area (Å²) in [5.41, 5.74) is 6.12. The molecule has 1 fully saturated rings. The summed E-state index contributed by atoms with van der Waals surface area (Å²) in [6.07, 6.45) is 1.38. The summed E-state index contributed by atoms with van der Waals surface area (Å²) in [6, 6.07) is 6.87. The van der Waals surface area contributed by atoms with Crippen molar-refractivity contribution in [2.75, 3.05) is 12.3 Å². The average Bonchev–Trinajstić information content (AvgIpc) is 3.01. The van der Waals surface area contributed by atoms with Gasteiger partial charge < -0.3 is 10.8 Å². The molecule has 4 N–H and O–H groups in total. The molecule has 1 saturated carbocycles. The van der Waals surface area contributed by atoms with Gasteiger partial charge >= 0.3 is 0 Å². The van der Waals surface area contributed by atoms with Crippen LogP contribution < -0.4 is 10.5 Å². The Hall–Kier alpha value is -1.11. The van der Waals surface area contributed by atoms with E-state index in [9.17, 15) is 8.42 Å². The first-order valence-electron chi connectivity index (χ1n) is 5.42. The first kappa shape index (κ1) is 12.3. The van der Waals surface area contributed by atoms with Crippen molar-refractivity contribution < 1.29 is 13.5 Å². The molecule has 0 aromatic heterocycles. The molecule has 1 aliphatic rings. The van der Waals surface area contributed by atoms with Crippen LogP contribution in [0.2, 0.25) is 0 Å². The van der Waals surface area contributed by atoms with Crippen LogP contribution in [-0.2, 0) is 15.8 Å². The maximum Gasteiger partial charge on any atom is 0.216 e. The van der Waals surface area contributed by atoms with E-state index in [2.05, 4.69) is 4.72 Å². The number of anilines is 1. The number of aliphatic hydroxyl groups is 1. The largest absolute Gasteiger partial charge is 0.398 e. The van der Waals surface area contributed by atoms with Crippen molar-refractivity contribution in [1.29, 1.82) is 0 Å². The van der Waals surface area contributed by atoms with Crippen LogP contribution in [0, 0.1) is 0 Å². The molecule has 0 amide bonds. The molecule has 5 nitrogen and oxygen atoms in total. The molecule has 0 spiro atoms. The van der Waals surface area contributed by atoms with Crippen molar-refractivity contribution in [2.45, 2.75) is 24.1 Å². The third-order valence-corrected chi connectivity index (χ3v) is 4.36. The average molecular weight is 256 g/mol. The fourth-order valence-corrected chi connectivity index (χ4v) is 3.35. The molecule has 1 aliphatic carbocycles. The minimum atomic E-state index is -3.45. The second-order valence-electron chi connectivity index (χ2n) is 4.50. The van der Waals surface area contributed by atoms with Crippen molar-refractivity contribution >= 4 is 15.7 Å². The molecule has 2 rings (SSSR count). The van der Waals surface area contributed by atoms with Gasteiger partial charge in [0, 0.05) is 5.69 Å². The first-order valence-corrected chi connectivity index (χ1v) is 7.07. The van der Waals surface area contributed by atoms with Gasteiger partial charge in [0.1, 0.15) is 0 Å². The van der Waals surface area contributed by atoms with E-state index >= 15 is 0 Å². The summed E-state index contributed by atoms with van der Waals surface area (Å²) in [5, 5.41) is 9.09. The fraction of sp³-hybridized carbons (Fsp3) is 0.455. The topological polar surface area (TPSA) is 92.4 Å². The molecule has 0 bridgehead atoms. The van der Waals surface area contributed by atoms with Gasteiger partial charge in [-0.05, 0) is 24.5 Å². The normalized spacial score (nSPS) is 17.9. The second-order valence-corrected chi connectivity index (χ2v) is 6.22. The number of nitrogens with one attached hydrogen (secondary N) is 1. The van der Waals surface area contributed by atoms with E-state index in [1.165, 1.54) is 0 Å². The van der Waals surface area contributed by atoms with Crippen LogP contribution in [0.3, 0.4) is 0 Å². The molecule has 0 atom stereocenters. The van der Waals surface area contributed by atoms with Crippen molar-refractivity contribution in [2.24, 2.45) is 0 Å². The molecule has 0 unspecified atom stereocenters. The molecule has 1 aromatic rings. The molecule has 17 heavy (non-hydrogen) atoms. The van der Waals surface area contributed by atoms with E-state index in [4.69, 9.17) is 10.8 Å². The zero-order chi connectivity index (χ0) is 12.5. The van der Waals surface area contributed by atoms with Gasteiger partial charge in [0.15, 0.2) is 0 Å². The number of hydrogen-bond donors (Lipinski definition) is 3. The van der Waals surface area contributed by atoms with Gasteiger partial charge in [-0.2, -0.15) is 0 Å². The third-order valence-electron chi connectivity index (χ3n) is 2.93. The highest BCUT2D eigenvalue weighted by molar-refractivity contribution is 7.88. The Morgan fingerprint density at radius 2 is 2.00 bits per heavy atom. The van der Waals surface area contributed by atoms with Gasteiger partial charge in [0.2, 0.25) is 10.0 Å². The van der Waals surface area contributed by atoms with Crippen LogP contribution in [0.1, 0.15) is 18.4 Å². The van der Waals surface area contributed by atoms with Gasteiger partial charge in [-0.1, -0.05) is 18.2 Å². The van der Waals surface area contributed by atoms with Crippen LogP contribution >= 0.6 is 0 Å². The first-order chi connectivity index (χ1) is 7.96. The maximum absolute atomic E-state index is 11.9. The minimum Gasteiger partial charge on any atom is -0.398 e. The number of nitrogen functional groups attached to an aromatic ring is 1. The smallest absolute Gasteiger partial charge is 0.216 e. The zero-order valence-electron chi connectivity index (χ0n) is 9.39. The number of para-hydroxylation sites is 1. The SMILES string of the molecule is Nc1ccccc1CS(=O)(=O)NC1(CO)CC1. The molecule has 0 radical (unpaired) electrons. The Morgan fingerprint density at radius 1 is 1.35 bits per heavy atom. The second kappa shape index (κ2) is 4.29. The number of aliphatic hydroxyl groups excluding tert-OH is 1. The van der Waals surface area contributed by atoms with Crippen LogP contribution in [-0.4, -0.2) is 25.7 Å². The van der Waals surface area contributed by atoms with Crippen LogP contribution in [0.25, 0.3) is 0 Å². The quantitative estimate of drug-likeness (QED) is 0.657. The van der Waals surface area contributed by atoms with E-state index < -0.39 is 15.6 Å². The van der Waals surface area contributed by atoms with Crippen molar-refractivity contribution in [3.05, 3.63) is 29.8 Å². The van der Waals surface area contributed by atoms with Gasteiger partial charge in [-0.15, -0.1) is 0 Å². The molecular weight excluding hydrogens is 240 g/mol. The molecule has 0 heterocycles. The van der Waals surface area contributed by atoms with E-state index in [1.807, 2.05) is 0 Å². The maximum atomic E-state index is 11.9. The molecule has 0 aliphatic heterocycles. The Morgan fingerprint density at radius 3 is 2.53 bits per heavy atom. The van der Waals surface area contributed by atoms with Crippen molar-refractivity contribution in [3.63, 3.8) is 0 Å². The fourth-order valence-electron chi connectivity index (χ4n) is 1.68. The predicted octanol–water partition coefficient (Wildman–Crippen LogP) is 0.213. The number of sulfonamides is 1. The lowest BCUT2D eigenvalue weighted by Crippen LogP contribution is -2.40. The highest BCUT2D eigenvalue weighted by Crippen LogP contribution is 2.35. The Kier molecular flexibility index (Phi) is 3.11. The third kappa shape index (κ3) is 2.96. The van der Waals surface area contributed by atoms with Gasteiger partial charge in [-0.25, -0.2) is 13.1 Å². The highest BCUT2D eigenvalue weighted by Gasteiger charge is 2.45. The van der Waals surface area contributed by atoms with Crippen LogP contribution in [0.15, 0.2) is 24.3 Å². The highest BCUT2D eigenvalue weighted by atomic mass is 32.2. The van der Waals surface area contributed by atoms with E-state index in [1.54, 1.807) is 24.3 Å². The van der Waals surface area contributed by atoms with Crippen LogP contribution in [0.5, 0.6) is 0 Å². The zero-order valence-corrected chi connectivity index (χ0v) is 10.2. The summed E-state index contributed by atoms with van der Waals surface area (Å²) in [4.78, 5) is 0. The lowest BCUT2D eigenvalue weighted by Gasteiger charge is -2.15. The molecule has 0 saturated heterocycles. The van der Waals surface area contributed by atoms with Crippen molar-refractivity contribution in [1.82, 2.24) is 4.72 Å². The standard InChI is InChI=1S/C11H16N2O3S/c12-10-4-2-1-3-9(10)7-17(15,16)13-11(8-14)5-6-11/h1-4,13-14H,5-8,12H2. The van der Waals surface area contributed by atoms with Gasteiger partial charge in [0.05, 0.1) is 17.9 Å². The number of rotatable bonds is 5. The van der Waals surface area contributed by atoms with E-state index in [0.29, 0.717) is 24.1 Å². The Bertz CT molecular complexity index is 509. The van der Waals surface area contributed by atoms with E-state index in [-0.39, 0.29) is 12.4 Å². The summed E-state index contributed by atoms with van der Waals surface area (Å²) >= 11 is 0. The van der Waals surface area contributed by atoms with Crippen LogP contribution in [0.4, 0.5) is 5.69 Å². The van der Waals surface area contributed by atoms with Crippen molar-refractivity contribution in [3.8, 4) is 0 Å². The van der Waals surface area contributed by atoms with Gasteiger partial charge in [0.25, 0.3) is 0 Å². The predicted molar refractivity (Wildman–Crippen MR) is 65.7 cm³/mol. The number of hydrogen-bond acceptors (Lipinski definition) is 4. The van der Waals surface area contributed by atoms with Gasteiger partial charge in [-0.3, -0.25) is 0 Å². The molecular formula is C11H16N2O3S. The summed E-state index contributed by atoms with van der Waals surface area (Å²) in [7, 11) is -3.45. The minimum absolute atomic E-state index is 0.151. The summed E-state index contributed by atoms with van der Waals surface area (Å²) in [6.45, 7) is -0.156. The Balaban J connectivity index is 2.10. The number of benzene rings is 1. The van der Waals surface area contributed by atoms with E-state index in [0.717, 1.165) is 0 Å². The molecule has 94 valence electrons. The number of nitrogens with two attached hydrogens (primary N) is 1. The lowest BCUT2D eigenvalue weighted by atomic mass is 10.2. The molecule has 1 aromatic carbocycles. The Labute approximate surface area is 101 Å².